The van der Waals surface area contributed by atoms with E-state index in [1.807, 2.05) is 13.0 Å². The largest absolute Gasteiger partial charge is 0.489 e. The molecule has 5 nitrogen and oxygen atoms in total. The number of hydrogen-bond acceptors (Lipinski definition) is 5. The maximum absolute atomic E-state index is 11.9. The Morgan fingerprint density at radius 2 is 2.22 bits per heavy atom. The number of unbranched alkanes of at least 4 members (excludes halogenated alkanes) is 1. The second kappa shape index (κ2) is 8.44. The molecule has 0 amide bonds. The van der Waals surface area contributed by atoms with Crippen LogP contribution in [0.15, 0.2) is 17.7 Å². The molecule has 0 radical (unpaired) electrons. The average molecular weight is 336 g/mol. The highest BCUT2D eigenvalue weighted by Crippen LogP contribution is 2.38. The molecular formula is C17H18ClNO4. The minimum Gasteiger partial charge on any atom is -0.489 e. The number of carbonyl (C=O) groups is 1. The van der Waals surface area contributed by atoms with E-state index in [-0.39, 0.29) is 5.57 Å². The van der Waals surface area contributed by atoms with Crippen LogP contribution in [0.1, 0.15) is 31.7 Å². The molecule has 6 heteroatoms. The molecular weight excluding hydrogens is 318 g/mol. The zero-order chi connectivity index (χ0) is 16.7. The molecule has 0 N–H and O–H groups in total. The number of rotatable bonds is 5. The van der Waals surface area contributed by atoms with Crippen LogP contribution in [0.4, 0.5) is 0 Å². The Bertz CT molecular complexity index is 649. The molecule has 1 aliphatic heterocycles. The Labute approximate surface area is 140 Å². The van der Waals surface area contributed by atoms with Gasteiger partial charge in [0, 0.05) is 6.42 Å². The molecule has 1 aromatic rings. The summed E-state index contributed by atoms with van der Waals surface area (Å²) in [5.41, 5.74) is 0.509. The van der Waals surface area contributed by atoms with Crippen LogP contribution >= 0.6 is 11.6 Å². The van der Waals surface area contributed by atoms with Gasteiger partial charge in [-0.15, -0.1) is 0 Å². The predicted octanol–water partition coefficient (Wildman–Crippen LogP) is 3.75. The van der Waals surface area contributed by atoms with E-state index < -0.39 is 5.97 Å². The van der Waals surface area contributed by atoms with Crippen molar-refractivity contribution in [3.05, 3.63) is 28.3 Å². The molecule has 0 fully saturated rings. The first-order valence-corrected chi connectivity index (χ1v) is 7.91. The molecule has 122 valence electrons. The number of esters is 1. The lowest BCUT2D eigenvalue weighted by Crippen LogP contribution is -2.07. The predicted molar refractivity (Wildman–Crippen MR) is 86.5 cm³/mol. The standard InChI is InChI=1S/C17H18ClNO4/c1-2-3-5-23-17(20)13(11-19)8-12-9-14(18)16-15(10-12)21-6-4-7-22-16/h8-10H,2-7H2,1H3/b13-8+. The Kier molecular flexibility index (Phi) is 6.30. The quantitative estimate of drug-likeness (QED) is 0.355. The Balaban J connectivity index is 2.23. The van der Waals surface area contributed by atoms with E-state index in [0.717, 1.165) is 19.3 Å². The minimum absolute atomic E-state index is 0.0772. The van der Waals surface area contributed by atoms with E-state index in [9.17, 15) is 4.79 Å². The smallest absolute Gasteiger partial charge is 0.348 e. The summed E-state index contributed by atoms with van der Waals surface area (Å²) >= 11 is 6.20. The fourth-order valence-corrected chi connectivity index (χ4v) is 2.30. The zero-order valence-electron chi connectivity index (χ0n) is 12.9. The zero-order valence-corrected chi connectivity index (χ0v) is 13.7. The fourth-order valence-electron chi connectivity index (χ4n) is 2.02. The van der Waals surface area contributed by atoms with Gasteiger partial charge in [0.15, 0.2) is 11.5 Å². The van der Waals surface area contributed by atoms with Gasteiger partial charge in [0.1, 0.15) is 11.6 Å². The lowest BCUT2D eigenvalue weighted by Gasteiger charge is -2.10. The summed E-state index contributed by atoms with van der Waals surface area (Å²) in [6.07, 6.45) is 3.88. The SMILES string of the molecule is CCCCOC(=O)/C(C#N)=C/c1cc(Cl)c2c(c1)OCCCO2. The molecule has 0 atom stereocenters. The first-order chi connectivity index (χ1) is 11.2. The normalized spacial score (nSPS) is 13.9. The van der Waals surface area contributed by atoms with Crippen LogP contribution in [0.25, 0.3) is 6.08 Å². The van der Waals surface area contributed by atoms with Crippen LogP contribution in [0.5, 0.6) is 11.5 Å². The molecule has 0 bridgehead atoms. The van der Waals surface area contributed by atoms with Crippen molar-refractivity contribution in [3.8, 4) is 17.6 Å². The number of nitrogens with zero attached hydrogens (tertiary/aromatic N) is 1. The van der Waals surface area contributed by atoms with Crippen LogP contribution in [0.2, 0.25) is 5.02 Å². The van der Waals surface area contributed by atoms with E-state index in [0.29, 0.717) is 41.9 Å². The Morgan fingerprint density at radius 3 is 2.96 bits per heavy atom. The van der Waals surface area contributed by atoms with Gasteiger partial charge in [-0.25, -0.2) is 4.79 Å². The van der Waals surface area contributed by atoms with Crippen molar-refractivity contribution in [2.75, 3.05) is 19.8 Å². The van der Waals surface area contributed by atoms with E-state index in [2.05, 4.69) is 0 Å². The van der Waals surface area contributed by atoms with Crippen molar-refractivity contribution in [2.24, 2.45) is 0 Å². The molecule has 23 heavy (non-hydrogen) atoms. The van der Waals surface area contributed by atoms with Gasteiger partial charge < -0.3 is 14.2 Å². The van der Waals surface area contributed by atoms with Crippen molar-refractivity contribution in [2.45, 2.75) is 26.2 Å². The van der Waals surface area contributed by atoms with Gasteiger partial charge in [-0.2, -0.15) is 5.26 Å². The summed E-state index contributed by atoms with van der Waals surface area (Å²) in [7, 11) is 0. The summed E-state index contributed by atoms with van der Waals surface area (Å²) in [4.78, 5) is 11.9. The number of carbonyl (C=O) groups excluding carboxylic acids is 1. The molecule has 0 saturated heterocycles. The molecule has 0 aromatic heterocycles. The average Bonchev–Trinajstić information content (AvgIpc) is 2.78. The highest BCUT2D eigenvalue weighted by molar-refractivity contribution is 6.32. The Hall–Kier alpha value is -2.19. The van der Waals surface area contributed by atoms with Gasteiger partial charge >= 0.3 is 5.97 Å². The van der Waals surface area contributed by atoms with E-state index in [1.54, 1.807) is 12.1 Å². The molecule has 0 aliphatic carbocycles. The summed E-state index contributed by atoms with van der Waals surface area (Å²) in [6, 6.07) is 5.19. The Morgan fingerprint density at radius 1 is 1.43 bits per heavy atom. The summed E-state index contributed by atoms with van der Waals surface area (Å²) in [6.45, 7) is 3.36. The first kappa shape index (κ1) is 17.2. The van der Waals surface area contributed by atoms with Crippen molar-refractivity contribution in [3.63, 3.8) is 0 Å². The summed E-state index contributed by atoms with van der Waals surface area (Å²) in [5.74, 6) is 0.368. The van der Waals surface area contributed by atoms with Crippen LogP contribution in [0, 0.1) is 11.3 Å². The van der Waals surface area contributed by atoms with Gasteiger partial charge in [0.05, 0.1) is 24.8 Å². The third-order valence-electron chi connectivity index (χ3n) is 3.21. The van der Waals surface area contributed by atoms with Crippen molar-refractivity contribution < 1.29 is 19.0 Å². The lowest BCUT2D eigenvalue weighted by atomic mass is 10.1. The van der Waals surface area contributed by atoms with Crippen LogP contribution in [0.3, 0.4) is 0 Å². The maximum Gasteiger partial charge on any atom is 0.348 e. The molecule has 1 aromatic carbocycles. The third kappa shape index (κ3) is 4.64. The molecule has 0 saturated carbocycles. The topological polar surface area (TPSA) is 68.6 Å². The monoisotopic (exact) mass is 335 g/mol. The molecule has 0 unspecified atom stereocenters. The maximum atomic E-state index is 11.9. The van der Waals surface area contributed by atoms with E-state index in [1.165, 1.54) is 6.08 Å². The number of hydrogen-bond donors (Lipinski definition) is 0. The number of benzene rings is 1. The number of fused-ring (bicyclic) bond motifs is 1. The highest BCUT2D eigenvalue weighted by Gasteiger charge is 2.16. The second-order valence-corrected chi connectivity index (χ2v) is 5.45. The van der Waals surface area contributed by atoms with Crippen molar-refractivity contribution in [1.29, 1.82) is 5.26 Å². The first-order valence-electron chi connectivity index (χ1n) is 7.53. The summed E-state index contributed by atoms with van der Waals surface area (Å²) in [5, 5.41) is 9.54. The molecule has 0 spiro atoms. The van der Waals surface area contributed by atoms with Gasteiger partial charge in [0.25, 0.3) is 0 Å². The van der Waals surface area contributed by atoms with Crippen molar-refractivity contribution >= 4 is 23.6 Å². The van der Waals surface area contributed by atoms with Gasteiger partial charge in [-0.05, 0) is 30.2 Å². The van der Waals surface area contributed by atoms with Gasteiger partial charge in [-0.3, -0.25) is 0 Å². The van der Waals surface area contributed by atoms with Crippen LogP contribution in [-0.4, -0.2) is 25.8 Å². The minimum atomic E-state index is -0.635. The lowest BCUT2D eigenvalue weighted by molar-refractivity contribution is -0.138. The number of ether oxygens (including phenoxy) is 3. The summed E-state index contributed by atoms with van der Waals surface area (Å²) < 4.78 is 16.2. The second-order valence-electron chi connectivity index (χ2n) is 5.04. The fraction of sp³-hybridized carbons (Fsp3) is 0.412. The molecule has 2 rings (SSSR count). The van der Waals surface area contributed by atoms with Gasteiger partial charge in [-0.1, -0.05) is 24.9 Å². The number of nitriles is 1. The molecule has 1 aliphatic rings. The van der Waals surface area contributed by atoms with Crippen LogP contribution in [-0.2, 0) is 9.53 Å². The number of halogens is 1. The van der Waals surface area contributed by atoms with Gasteiger partial charge in [0.2, 0.25) is 0 Å². The molecule has 1 heterocycles. The van der Waals surface area contributed by atoms with Crippen LogP contribution < -0.4 is 9.47 Å². The highest BCUT2D eigenvalue weighted by atomic mass is 35.5. The van der Waals surface area contributed by atoms with Crippen molar-refractivity contribution in [1.82, 2.24) is 0 Å². The van der Waals surface area contributed by atoms with E-state index in [4.69, 9.17) is 31.1 Å². The van der Waals surface area contributed by atoms with E-state index >= 15 is 0 Å². The third-order valence-corrected chi connectivity index (χ3v) is 3.49.